The largest absolute Gasteiger partial charge is 0.351 e. The van der Waals surface area contributed by atoms with Gasteiger partial charge < -0.3 is 4.90 Å². The van der Waals surface area contributed by atoms with Crippen LogP contribution in [0.1, 0.15) is 18.9 Å². The van der Waals surface area contributed by atoms with Gasteiger partial charge in [-0.25, -0.2) is 0 Å². The second-order valence-electron chi connectivity index (χ2n) is 10.6. The Morgan fingerprint density at radius 3 is 2.39 bits per heavy atom. The molecule has 0 amide bonds. The predicted molar refractivity (Wildman–Crippen MR) is 182 cm³/mol. The lowest BCUT2D eigenvalue weighted by molar-refractivity contribution is 1.20. The minimum absolute atomic E-state index is 0.918. The lowest BCUT2D eigenvalue weighted by Gasteiger charge is -2.24. The third-order valence-electron chi connectivity index (χ3n) is 8.10. The number of rotatable bonds is 2. The number of thiophene rings is 1. The zero-order valence-corrected chi connectivity index (χ0v) is 24.2. The van der Waals surface area contributed by atoms with E-state index in [2.05, 4.69) is 153 Å². The minimum Gasteiger partial charge on any atom is -0.351 e. The topological polar surface area (TPSA) is 3.24 Å². The molecule has 0 radical (unpaired) electrons. The van der Waals surface area contributed by atoms with Gasteiger partial charge in [-0.1, -0.05) is 117 Å². The summed E-state index contributed by atoms with van der Waals surface area (Å²) < 4.78 is 2.67. The lowest BCUT2D eigenvalue weighted by atomic mass is 9.86. The number of fused-ring (bicyclic) bond motifs is 8. The van der Waals surface area contributed by atoms with Crippen LogP contribution < -0.4 is 4.90 Å². The first-order valence-electron chi connectivity index (χ1n) is 14.2. The molecule has 0 bridgehead atoms. The Morgan fingerprint density at radius 1 is 0.732 bits per heavy atom. The molecule has 2 heteroatoms. The molecule has 0 saturated heterocycles. The molecule has 0 fully saturated rings. The Hall–Kier alpha value is -4.66. The molecule has 1 nitrogen and oxygen atoms in total. The summed E-state index contributed by atoms with van der Waals surface area (Å²) in [5.74, 6) is 0. The molecule has 0 atom stereocenters. The van der Waals surface area contributed by atoms with Crippen molar-refractivity contribution in [3.05, 3.63) is 145 Å². The molecule has 0 aliphatic carbocycles. The van der Waals surface area contributed by atoms with Crippen molar-refractivity contribution in [3.8, 4) is 22.3 Å². The van der Waals surface area contributed by atoms with E-state index in [-0.39, 0.29) is 0 Å². The fraction of sp³-hybridized carbons (Fsp3) is 0.0769. The molecule has 0 saturated carbocycles. The zero-order chi connectivity index (χ0) is 27.9. The van der Waals surface area contributed by atoms with Crippen molar-refractivity contribution >= 4 is 53.5 Å². The maximum atomic E-state index is 4.33. The third kappa shape index (κ3) is 4.41. The van der Waals surface area contributed by atoms with Crippen LogP contribution in [0, 0.1) is 0 Å². The molecule has 1 aliphatic heterocycles. The first-order chi connectivity index (χ1) is 20.1. The summed E-state index contributed by atoms with van der Waals surface area (Å²) in [6.07, 6.45) is 11.6. The molecule has 198 valence electrons. The second-order valence-corrected chi connectivity index (χ2v) is 11.7. The molecular weight excluding hydrogens is 515 g/mol. The third-order valence-corrected chi connectivity index (χ3v) is 9.32. The van der Waals surface area contributed by atoms with E-state index in [1.807, 2.05) is 11.3 Å². The summed E-state index contributed by atoms with van der Waals surface area (Å²) in [5, 5.41) is 5.18. The summed E-state index contributed by atoms with van der Waals surface area (Å²) in [6, 6.07) is 35.7. The van der Waals surface area contributed by atoms with Crippen molar-refractivity contribution in [2.45, 2.75) is 13.3 Å². The molecule has 0 unspecified atom stereocenters. The van der Waals surface area contributed by atoms with Crippen LogP contribution in [0.25, 0.3) is 58.8 Å². The highest BCUT2D eigenvalue weighted by Gasteiger charge is 2.19. The van der Waals surface area contributed by atoms with Gasteiger partial charge in [0, 0.05) is 44.7 Å². The van der Waals surface area contributed by atoms with Crippen LogP contribution in [0.5, 0.6) is 0 Å². The molecule has 1 aliphatic rings. The highest BCUT2D eigenvalue weighted by molar-refractivity contribution is 7.26. The van der Waals surface area contributed by atoms with Crippen molar-refractivity contribution in [1.82, 2.24) is 0 Å². The van der Waals surface area contributed by atoms with Crippen molar-refractivity contribution in [3.63, 3.8) is 0 Å². The van der Waals surface area contributed by atoms with Crippen LogP contribution in [0.3, 0.4) is 0 Å². The van der Waals surface area contributed by atoms with Gasteiger partial charge in [-0.2, -0.15) is 0 Å². The second kappa shape index (κ2) is 10.4. The van der Waals surface area contributed by atoms with Crippen molar-refractivity contribution < 1.29 is 0 Å². The first-order valence-corrected chi connectivity index (χ1v) is 15.0. The van der Waals surface area contributed by atoms with Gasteiger partial charge in [-0.3, -0.25) is 0 Å². The Balaban J connectivity index is 1.51. The Morgan fingerprint density at radius 2 is 1.51 bits per heavy atom. The number of benzene rings is 5. The van der Waals surface area contributed by atoms with E-state index in [9.17, 15) is 0 Å². The Bertz CT molecular complexity index is 2070. The van der Waals surface area contributed by atoms with Crippen LogP contribution in [-0.2, 0) is 0 Å². The van der Waals surface area contributed by atoms with Crippen molar-refractivity contribution in [2.75, 3.05) is 11.9 Å². The quantitative estimate of drug-likeness (QED) is 0.209. The van der Waals surface area contributed by atoms with Crippen molar-refractivity contribution in [2.24, 2.45) is 0 Å². The molecule has 7 rings (SSSR count). The van der Waals surface area contributed by atoms with Crippen LogP contribution in [0.4, 0.5) is 5.69 Å². The molecular formula is C39H31NS. The van der Waals surface area contributed by atoms with E-state index in [0.29, 0.717) is 0 Å². The normalized spacial score (nSPS) is 16.5. The summed E-state index contributed by atoms with van der Waals surface area (Å²) in [6.45, 7) is 6.57. The van der Waals surface area contributed by atoms with E-state index in [4.69, 9.17) is 0 Å². The summed E-state index contributed by atoms with van der Waals surface area (Å²) >= 11 is 1.88. The van der Waals surface area contributed by atoms with E-state index >= 15 is 0 Å². The maximum Gasteiger partial charge on any atom is 0.0489 e. The van der Waals surface area contributed by atoms with E-state index in [1.165, 1.54) is 70.0 Å². The zero-order valence-electron chi connectivity index (χ0n) is 23.4. The average Bonchev–Trinajstić information content (AvgIpc) is 3.40. The van der Waals surface area contributed by atoms with E-state index < -0.39 is 0 Å². The monoisotopic (exact) mass is 545 g/mol. The highest BCUT2D eigenvalue weighted by atomic mass is 32.1. The Labute approximate surface area is 245 Å². The molecule has 2 heterocycles. The molecule has 6 aromatic rings. The smallest absolute Gasteiger partial charge is 0.0489 e. The number of hydrogen-bond acceptors (Lipinski definition) is 2. The van der Waals surface area contributed by atoms with Gasteiger partial charge in [-0.05, 0) is 68.8 Å². The molecule has 41 heavy (non-hydrogen) atoms. The summed E-state index contributed by atoms with van der Waals surface area (Å²) in [5.41, 5.74) is 9.74. The van der Waals surface area contributed by atoms with Crippen LogP contribution in [-0.4, -0.2) is 7.05 Å². The first kappa shape index (κ1) is 25.3. The fourth-order valence-electron chi connectivity index (χ4n) is 6.10. The number of nitrogens with zero attached hydrogens (tertiary/aromatic N) is 1. The van der Waals surface area contributed by atoms with Gasteiger partial charge in [0.05, 0.1) is 0 Å². The summed E-state index contributed by atoms with van der Waals surface area (Å²) in [4.78, 5) is 2.24. The van der Waals surface area contributed by atoms with Gasteiger partial charge in [-0.15, -0.1) is 11.3 Å². The lowest BCUT2D eigenvalue weighted by Crippen LogP contribution is -2.10. The predicted octanol–water partition coefficient (Wildman–Crippen LogP) is 11.4. The van der Waals surface area contributed by atoms with Crippen molar-refractivity contribution in [1.29, 1.82) is 0 Å². The number of allylic oxidation sites excluding steroid dienone is 6. The maximum absolute atomic E-state index is 4.33. The van der Waals surface area contributed by atoms with Crippen LogP contribution >= 0.6 is 11.3 Å². The standard InChI is InChI=1S/C39H31NS/c1-4-27-24-26(2)12-9-10-23-40(3)36-25-29(31-16-11-17-35-33-15-7-8-18-37(33)41-39(31)35)20-21-32(36)34-22-19-28-13-5-6-14-30(28)38(27)34/h5-25H,2,4H2,1,3H3/b12-9-,23-10-,27-24+. The van der Waals surface area contributed by atoms with Crippen LogP contribution in [0.2, 0.25) is 0 Å². The Kier molecular flexibility index (Phi) is 6.41. The fourth-order valence-corrected chi connectivity index (χ4v) is 7.33. The molecule has 1 aromatic heterocycles. The van der Waals surface area contributed by atoms with Gasteiger partial charge in [0.2, 0.25) is 0 Å². The molecule has 5 aromatic carbocycles. The average molecular weight is 546 g/mol. The van der Waals surface area contributed by atoms with E-state index in [1.54, 1.807) is 0 Å². The highest BCUT2D eigenvalue weighted by Crippen LogP contribution is 2.44. The summed E-state index contributed by atoms with van der Waals surface area (Å²) in [7, 11) is 2.14. The minimum atomic E-state index is 0.918. The van der Waals surface area contributed by atoms with E-state index in [0.717, 1.165) is 12.0 Å². The number of anilines is 1. The van der Waals surface area contributed by atoms with Crippen LogP contribution in [0.15, 0.2) is 140 Å². The SMILES string of the molecule is C=C1/C=C\C=C/N(C)c2cc(-c3cccc4c3sc3ccccc34)ccc2-c2ccc3ccccc3c2/C(CC)=C/1. The van der Waals surface area contributed by atoms with Gasteiger partial charge in [0.15, 0.2) is 0 Å². The molecule has 0 spiro atoms. The number of hydrogen-bond donors (Lipinski definition) is 0. The van der Waals surface area contributed by atoms with Gasteiger partial charge >= 0.3 is 0 Å². The van der Waals surface area contributed by atoms with Gasteiger partial charge in [0.25, 0.3) is 0 Å². The molecule has 0 N–H and O–H groups in total. The van der Waals surface area contributed by atoms with Gasteiger partial charge in [0.1, 0.15) is 0 Å².